The normalized spacial score (nSPS) is 12.2. The van der Waals surface area contributed by atoms with Crippen molar-refractivity contribution < 1.29 is 19.0 Å². The van der Waals surface area contributed by atoms with Crippen molar-refractivity contribution in [1.82, 2.24) is 5.32 Å². The van der Waals surface area contributed by atoms with Crippen LogP contribution in [0.1, 0.15) is 16.8 Å². The molecule has 0 fully saturated rings. The Morgan fingerprint density at radius 1 is 1.61 bits per heavy atom. The Hall–Kier alpha value is -1.33. The zero-order valence-corrected chi connectivity index (χ0v) is 10.7. The van der Waals surface area contributed by atoms with E-state index in [0.29, 0.717) is 18.9 Å². The first-order valence-electron chi connectivity index (χ1n) is 5.42. The lowest BCUT2D eigenvalue weighted by Crippen LogP contribution is -2.38. The number of phenolic OH excluding ortho intramolecular Hbond substituents is 1. The highest BCUT2D eigenvalue weighted by Gasteiger charge is 2.16. The molecule has 100 valence electrons. The number of carbonyl (C=O) groups is 1. The average Bonchev–Trinajstić information content (AvgIpc) is 2.29. The van der Waals surface area contributed by atoms with Crippen LogP contribution in [0.3, 0.4) is 0 Å². The van der Waals surface area contributed by atoms with E-state index >= 15 is 0 Å². The monoisotopic (exact) mass is 275 g/mol. The van der Waals surface area contributed by atoms with E-state index in [1.54, 1.807) is 0 Å². The highest BCUT2D eigenvalue weighted by atomic mass is 35.5. The number of rotatable bonds is 6. The fraction of sp³-hybridized carbons (Fsp3) is 0.417. The summed E-state index contributed by atoms with van der Waals surface area (Å²) in [6.07, 6.45) is 0.545. The second kappa shape index (κ2) is 7.18. The lowest BCUT2D eigenvalue weighted by Gasteiger charge is -2.17. The first-order valence-corrected chi connectivity index (χ1v) is 5.96. The molecule has 0 saturated carbocycles. The summed E-state index contributed by atoms with van der Waals surface area (Å²) >= 11 is 5.61. The summed E-state index contributed by atoms with van der Waals surface area (Å²) in [6.45, 7) is 0.320. The number of benzene rings is 1. The Labute approximate surface area is 110 Å². The number of amides is 1. The minimum atomic E-state index is -0.599. The molecule has 0 saturated heterocycles. The summed E-state index contributed by atoms with van der Waals surface area (Å²) in [5.41, 5.74) is 0.0204. The predicted octanol–water partition coefficient (Wildman–Crippen LogP) is 1.90. The Morgan fingerprint density at radius 2 is 2.33 bits per heavy atom. The first kappa shape index (κ1) is 14.7. The van der Waals surface area contributed by atoms with Crippen molar-refractivity contribution >= 4 is 17.5 Å². The Balaban J connectivity index is 2.73. The number of ether oxygens (including phenoxy) is 1. The van der Waals surface area contributed by atoms with Gasteiger partial charge in [0.05, 0.1) is 18.2 Å². The summed E-state index contributed by atoms with van der Waals surface area (Å²) < 4.78 is 17.7. The molecule has 1 rings (SSSR count). The van der Waals surface area contributed by atoms with Crippen LogP contribution in [0.25, 0.3) is 0 Å². The van der Waals surface area contributed by atoms with E-state index in [1.165, 1.54) is 13.2 Å². The second-order valence-corrected chi connectivity index (χ2v) is 4.14. The van der Waals surface area contributed by atoms with Crippen molar-refractivity contribution in [3.05, 3.63) is 29.6 Å². The SMILES string of the molecule is COCC(CCCl)NC(=O)c1ccc(F)cc1O. The largest absolute Gasteiger partial charge is 0.507 e. The van der Waals surface area contributed by atoms with E-state index in [2.05, 4.69) is 5.32 Å². The van der Waals surface area contributed by atoms with Crippen LogP contribution in [0, 0.1) is 5.82 Å². The van der Waals surface area contributed by atoms with Crippen LogP contribution in [0.15, 0.2) is 18.2 Å². The second-order valence-electron chi connectivity index (χ2n) is 3.76. The maximum absolute atomic E-state index is 12.8. The molecule has 1 amide bonds. The molecule has 0 aromatic heterocycles. The summed E-state index contributed by atoms with van der Waals surface area (Å²) in [6, 6.07) is 2.98. The number of carbonyl (C=O) groups excluding carboxylic acids is 1. The van der Waals surface area contributed by atoms with Gasteiger partial charge in [-0.25, -0.2) is 4.39 Å². The smallest absolute Gasteiger partial charge is 0.255 e. The molecule has 1 atom stereocenters. The van der Waals surface area contributed by atoms with Gasteiger partial charge in [0.15, 0.2) is 0 Å². The van der Waals surface area contributed by atoms with Gasteiger partial charge in [0.1, 0.15) is 11.6 Å². The van der Waals surface area contributed by atoms with Crippen LogP contribution in [0.2, 0.25) is 0 Å². The number of halogens is 2. The van der Waals surface area contributed by atoms with Crippen LogP contribution >= 0.6 is 11.6 Å². The van der Waals surface area contributed by atoms with Crippen LogP contribution in [-0.4, -0.2) is 36.7 Å². The highest BCUT2D eigenvalue weighted by Crippen LogP contribution is 2.18. The molecule has 4 nitrogen and oxygen atoms in total. The van der Waals surface area contributed by atoms with E-state index in [0.717, 1.165) is 12.1 Å². The minimum absolute atomic E-state index is 0.0204. The summed E-state index contributed by atoms with van der Waals surface area (Å²) in [5, 5.41) is 12.1. The number of aromatic hydroxyl groups is 1. The third kappa shape index (κ3) is 4.16. The molecule has 1 aromatic rings. The lowest BCUT2D eigenvalue weighted by atomic mass is 10.1. The van der Waals surface area contributed by atoms with Crippen molar-refractivity contribution in [3.63, 3.8) is 0 Å². The molecular weight excluding hydrogens is 261 g/mol. The van der Waals surface area contributed by atoms with Crippen molar-refractivity contribution in [2.24, 2.45) is 0 Å². The van der Waals surface area contributed by atoms with Gasteiger partial charge in [-0.3, -0.25) is 4.79 Å². The quantitative estimate of drug-likeness (QED) is 0.780. The molecular formula is C12H15ClFNO3. The third-order valence-electron chi connectivity index (χ3n) is 2.37. The van der Waals surface area contributed by atoms with Gasteiger partial charge >= 0.3 is 0 Å². The van der Waals surface area contributed by atoms with E-state index in [1.807, 2.05) is 0 Å². The van der Waals surface area contributed by atoms with Crippen LogP contribution in [-0.2, 0) is 4.74 Å². The molecule has 0 bridgehead atoms. The van der Waals surface area contributed by atoms with Gasteiger partial charge in [-0.15, -0.1) is 11.6 Å². The Bertz CT molecular complexity index is 408. The molecule has 0 spiro atoms. The number of alkyl halides is 1. The van der Waals surface area contributed by atoms with Gasteiger partial charge in [0.2, 0.25) is 0 Å². The number of nitrogens with one attached hydrogen (secondary N) is 1. The molecule has 18 heavy (non-hydrogen) atoms. The van der Waals surface area contributed by atoms with E-state index in [9.17, 15) is 14.3 Å². The predicted molar refractivity (Wildman–Crippen MR) is 66.5 cm³/mol. The summed E-state index contributed by atoms with van der Waals surface area (Å²) in [4.78, 5) is 11.8. The molecule has 0 aliphatic rings. The van der Waals surface area contributed by atoms with Crippen LogP contribution < -0.4 is 5.32 Å². The lowest BCUT2D eigenvalue weighted by molar-refractivity contribution is 0.0892. The van der Waals surface area contributed by atoms with Crippen molar-refractivity contribution in [2.45, 2.75) is 12.5 Å². The Morgan fingerprint density at radius 3 is 2.89 bits per heavy atom. The standard InChI is InChI=1S/C12H15ClFNO3/c1-18-7-9(4-5-13)15-12(17)10-3-2-8(14)6-11(10)16/h2-3,6,9,16H,4-5,7H2,1H3,(H,15,17). The van der Waals surface area contributed by atoms with Gasteiger partial charge in [0.25, 0.3) is 5.91 Å². The van der Waals surface area contributed by atoms with Gasteiger partial charge in [-0.1, -0.05) is 0 Å². The molecule has 0 aliphatic heterocycles. The number of methoxy groups -OCH3 is 1. The molecule has 6 heteroatoms. The highest BCUT2D eigenvalue weighted by molar-refractivity contribution is 6.17. The van der Waals surface area contributed by atoms with E-state index in [4.69, 9.17) is 16.3 Å². The molecule has 1 unspecified atom stereocenters. The van der Waals surface area contributed by atoms with Crippen LogP contribution in [0.4, 0.5) is 4.39 Å². The minimum Gasteiger partial charge on any atom is -0.507 e. The van der Waals surface area contributed by atoms with Crippen LogP contribution in [0.5, 0.6) is 5.75 Å². The Kier molecular flexibility index (Phi) is 5.88. The average molecular weight is 276 g/mol. The molecule has 0 heterocycles. The first-order chi connectivity index (χ1) is 8.58. The molecule has 0 radical (unpaired) electrons. The fourth-order valence-electron chi connectivity index (χ4n) is 1.49. The summed E-state index contributed by atoms with van der Waals surface area (Å²) in [7, 11) is 1.52. The van der Waals surface area contributed by atoms with E-state index in [-0.39, 0.29) is 11.6 Å². The maximum Gasteiger partial charge on any atom is 0.255 e. The summed E-state index contributed by atoms with van der Waals surface area (Å²) in [5.74, 6) is -1.10. The van der Waals surface area contributed by atoms with Gasteiger partial charge in [-0.05, 0) is 18.6 Å². The number of hydrogen-bond acceptors (Lipinski definition) is 3. The molecule has 1 aromatic carbocycles. The number of phenols is 1. The van der Waals surface area contributed by atoms with Gasteiger partial charge < -0.3 is 15.2 Å². The van der Waals surface area contributed by atoms with Gasteiger partial charge in [0, 0.05) is 19.1 Å². The molecule has 2 N–H and O–H groups in total. The van der Waals surface area contributed by atoms with Crippen molar-refractivity contribution in [2.75, 3.05) is 19.6 Å². The fourth-order valence-corrected chi connectivity index (χ4v) is 1.75. The zero-order chi connectivity index (χ0) is 13.5. The number of hydrogen-bond donors (Lipinski definition) is 2. The third-order valence-corrected chi connectivity index (χ3v) is 2.58. The maximum atomic E-state index is 12.8. The van der Waals surface area contributed by atoms with Crippen molar-refractivity contribution in [3.8, 4) is 5.75 Å². The molecule has 0 aliphatic carbocycles. The topological polar surface area (TPSA) is 58.6 Å². The zero-order valence-electron chi connectivity index (χ0n) is 9.95. The van der Waals surface area contributed by atoms with E-state index < -0.39 is 17.5 Å². The van der Waals surface area contributed by atoms with Gasteiger partial charge in [-0.2, -0.15) is 0 Å². The van der Waals surface area contributed by atoms with Crippen molar-refractivity contribution in [1.29, 1.82) is 0 Å².